The third-order valence-electron chi connectivity index (χ3n) is 2.54. The Morgan fingerprint density at radius 1 is 1.45 bits per heavy atom. The Morgan fingerprint density at radius 2 is 2.18 bits per heavy atom. The number of carbonyl (C=O) groups is 1. The zero-order valence-corrected chi connectivity index (χ0v) is 6.76. The first-order valence-corrected chi connectivity index (χ1v) is 4.31. The number of nitrogens with one attached hydrogen (secondary N) is 2. The summed E-state index contributed by atoms with van der Waals surface area (Å²) in [6.07, 6.45) is 2.67. The van der Waals surface area contributed by atoms with Crippen LogP contribution in [0.2, 0.25) is 0 Å². The summed E-state index contributed by atoms with van der Waals surface area (Å²) < 4.78 is 0. The number of hydrogen-bond acceptors (Lipinski definition) is 2. The van der Waals surface area contributed by atoms with Crippen LogP contribution < -0.4 is 10.6 Å². The average Bonchev–Trinajstić information content (AvgIpc) is 2.77. The molecule has 1 saturated carbocycles. The van der Waals surface area contributed by atoms with Gasteiger partial charge < -0.3 is 10.6 Å². The maximum atomic E-state index is 11.0. The smallest absolute Gasteiger partial charge is 0.236 e. The summed E-state index contributed by atoms with van der Waals surface area (Å²) in [4.78, 5) is 11.0. The van der Waals surface area contributed by atoms with Crippen molar-refractivity contribution >= 4 is 5.91 Å². The Bertz CT molecular complexity index is 177. The third-order valence-corrected chi connectivity index (χ3v) is 2.54. The van der Waals surface area contributed by atoms with Gasteiger partial charge in [-0.1, -0.05) is 0 Å². The second-order valence-electron chi connectivity index (χ2n) is 3.58. The summed E-state index contributed by atoms with van der Waals surface area (Å²) in [7, 11) is 0. The summed E-state index contributed by atoms with van der Waals surface area (Å²) in [6.45, 7) is 2.75. The van der Waals surface area contributed by atoms with Crippen molar-refractivity contribution in [2.24, 2.45) is 5.92 Å². The molecule has 1 heterocycles. The van der Waals surface area contributed by atoms with Crippen LogP contribution in [0.4, 0.5) is 0 Å². The zero-order chi connectivity index (χ0) is 7.84. The lowest BCUT2D eigenvalue weighted by Gasteiger charge is -2.28. The first kappa shape index (κ1) is 7.10. The van der Waals surface area contributed by atoms with Gasteiger partial charge >= 0.3 is 0 Å². The topological polar surface area (TPSA) is 41.1 Å². The molecule has 1 aliphatic heterocycles. The minimum atomic E-state index is 0.00866. The molecule has 2 atom stereocenters. The first-order chi connectivity index (χ1) is 5.27. The van der Waals surface area contributed by atoms with Gasteiger partial charge in [0, 0.05) is 12.6 Å². The van der Waals surface area contributed by atoms with Gasteiger partial charge in [0.25, 0.3) is 0 Å². The molecule has 2 aliphatic rings. The predicted octanol–water partition coefficient (Wildman–Crippen LogP) is -0.127. The van der Waals surface area contributed by atoms with Gasteiger partial charge in [-0.2, -0.15) is 0 Å². The van der Waals surface area contributed by atoms with Crippen molar-refractivity contribution in [3.63, 3.8) is 0 Å². The molecule has 0 aromatic rings. The van der Waals surface area contributed by atoms with E-state index in [0.717, 1.165) is 12.5 Å². The fraction of sp³-hybridized carbons (Fsp3) is 0.875. The quantitative estimate of drug-likeness (QED) is 0.552. The van der Waals surface area contributed by atoms with Gasteiger partial charge in [0.05, 0.1) is 6.04 Å². The average molecular weight is 154 g/mol. The Balaban J connectivity index is 1.91. The highest BCUT2D eigenvalue weighted by Gasteiger charge is 2.35. The molecule has 3 nitrogen and oxygen atoms in total. The van der Waals surface area contributed by atoms with Crippen molar-refractivity contribution in [1.29, 1.82) is 0 Å². The zero-order valence-electron chi connectivity index (χ0n) is 6.76. The van der Waals surface area contributed by atoms with E-state index in [0.29, 0.717) is 6.04 Å². The molecule has 2 rings (SSSR count). The maximum Gasteiger partial charge on any atom is 0.236 e. The Morgan fingerprint density at radius 3 is 2.73 bits per heavy atom. The van der Waals surface area contributed by atoms with Crippen LogP contribution in [0.25, 0.3) is 0 Å². The highest BCUT2D eigenvalue weighted by Crippen LogP contribution is 2.33. The number of amides is 1. The lowest BCUT2D eigenvalue weighted by Crippen LogP contribution is -2.57. The van der Waals surface area contributed by atoms with E-state index in [1.54, 1.807) is 0 Å². The largest absolute Gasteiger partial charge is 0.353 e. The summed E-state index contributed by atoms with van der Waals surface area (Å²) >= 11 is 0. The Hall–Kier alpha value is -0.570. The Kier molecular flexibility index (Phi) is 1.60. The van der Waals surface area contributed by atoms with Crippen molar-refractivity contribution in [3.8, 4) is 0 Å². The fourth-order valence-electron chi connectivity index (χ4n) is 1.62. The van der Waals surface area contributed by atoms with Gasteiger partial charge in [-0.05, 0) is 25.7 Å². The van der Waals surface area contributed by atoms with Crippen molar-refractivity contribution in [2.45, 2.75) is 31.8 Å². The monoisotopic (exact) mass is 154 g/mol. The van der Waals surface area contributed by atoms with E-state index in [1.165, 1.54) is 12.8 Å². The van der Waals surface area contributed by atoms with Crippen LogP contribution in [-0.4, -0.2) is 24.5 Å². The molecule has 1 aliphatic carbocycles. The lowest BCUT2D eigenvalue weighted by molar-refractivity contribution is -0.124. The summed E-state index contributed by atoms with van der Waals surface area (Å²) in [5, 5.41) is 6.22. The molecular formula is C8H14N2O. The van der Waals surface area contributed by atoms with E-state index in [4.69, 9.17) is 0 Å². The number of hydrogen-bond donors (Lipinski definition) is 2. The van der Waals surface area contributed by atoms with E-state index in [-0.39, 0.29) is 11.9 Å². The number of carbonyl (C=O) groups excluding carboxylic acids is 1. The second-order valence-corrected chi connectivity index (χ2v) is 3.58. The van der Waals surface area contributed by atoms with E-state index >= 15 is 0 Å². The van der Waals surface area contributed by atoms with E-state index < -0.39 is 0 Å². The van der Waals surface area contributed by atoms with Crippen LogP contribution in [0.5, 0.6) is 0 Å². The fourth-order valence-corrected chi connectivity index (χ4v) is 1.62. The molecule has 1 amide bonds. The highest BCUT2D eigenvalue weighted by atomic mass is 16.2. The van der Waals surface area contributed by atoms with Gasteiger partial charge in [-0.3, -0.25) is 4.79 Å². The summed E-state index contributed by atoms with van der Waals surface area (Å²) in [5.74, 6) is 0.972. The molecule has 3 heteroatoms. The molecule has 0 radical (unpaired) electrons. The Labute approximate surface area is 66.5 Å². The maximum absolute atomic E-state index is 11.0. The van der Waals surface area contributed by atoms with Crippen molar-refractivity contribution in [1.82, 2.24) is 10.6 Å². The molecule has 0 bridgehead atoms. The van der Waals surface area contributed by atoms with Crippen LogP contribution in [0.15, 0.2) is 0 Å². The first-order valence-electron chi connectivity index (χ1n) is 4.31. The number of rotatable bonds is 1. The predicted molar refractivity (Wildman–Crippen MR) is 42.1 cm³/mol. The second kappa shape index (κ2) is 2.48. The highest BCUT2D eigenvalue weighted by molar-refractivity contribution is 5.82. The van der Waals surface area contributed by atoms with Crippen molar-refractivity contribution in [3.05, 3.63) is 0 Å². The molecule has 62 valence electrons. The molecule has 0 spiro atoms. The van der Waals surface area contributed by atoms with Gasteiger partial charge in [0.1, 0.15) is 0 Å². The van der Waals surface area contributed by atoms with E-state index in [1.807, 2.05) is 6.92 Å². The number of piperazine rings is 1. The molecule has 0 aromatic carbocycles. The molecular weight excluding hydrogens is 140 g/mol. The van der Waals surface area contributed by atoms with Crippen LogP contribution in [0.1, 0.15) is 19.8 Å². The molecule has 2 fully saturated rings. The van der Waals surface area contributed by atoms with Gasteiger partial charge in [-0.25, -0.2) is 0 Å². The summed E-state index contributed by atoms with van der Waals surface area (Å²) in [6, 6.07) is 0.553. The van der Waals surface area contributed by atoms with Gasteiger partial charge in [0.2, 0.25) is 5.91 Å². The SMILES string of the molecule is CC1NC(C2CC2)CNC1=O. The summed E-state index contributed by atoms with van der Waals surface area (Å²) in [5.41, 5.74) is 0. The molecule has 11 heavy (non-hydrogen) atoms. The van der Waals surface area contributed by atoms with Crippen LogP contribution >= 0.6 is 0 Å². The van der Waals surface area contributed by atoms with Gasteiger partial charge in [-0.15, -0.1) is 0 Å². The van der Waals surface area contributed by atoms with Crippen molar-refractivity contribution < 1.29 is 4.79 Å². The molecule has 1 saturated heterocycles. The van der Waals surface area contributed by atoms with Crippen molar-refractivity contribution in [2.75, 3.05) is 6.54 Å². The minimum Gasteiger partial charge on any atom is -0.353 e. The van der Waals surface area contributed by atoms with Crippen LogP contribution in [0, 0.1) is 5.92 Å². The van der Waals surface area contributed by atoms with E-state index in [9.17, 15) is 4.79 Å². The van der Waals surface area contributed by atoms with Gasteiger partial charge in [0.15, 0.2) is 0 Å². The lowest BCUT2D eigenvalue weighted by atomic mass is 10.1. The third kappa shape index (κ3) is 1.38. The minimum absolute atomic E-state index is 0.00866. The van der Waals surface area contributed by atoms with E-state index in [2.05, 4.69) is 10.6 Å². The van der Waals surface area contributed by atoms with Crippen LogP contribution in [0.3, 0.4) is 0 Å². The standard InChI is InChI=1S/C8H14N2O/c1-5-8(11)9-4-7(10-5)6-2-3-6/h5-7,10H,2-4H2,1H3,(H,9,11). The molecule has 0 aromatic heterocycles. The van der Waals surface area contributed by atoms with Crippen LogP contribution in [-0.2, 0) is 4.79 Å². The molecule has 2 unspecified atom stereocenters. The normalized spacial score (nSPS) is 38.5. The molecule has 2 N–H and O–H groups in total.